The van der Waals surface area contributed by atoms with E-state index in [2.05, 4.69) is 10.6 Å². The summed E-state index contributed by atoms with van der Waals surface area (Å²) in [5.74, 6) is -0.546. The van der Waals surface area contributed by atoms with Crippen molar-refractivity contribution in [3.63, 3.8) is 0 Å². The molecule has 7 nitrogen and oxygen atoms in total. The lowest BCUT2D eigenvalue weighted by molar-refractivity contribution is -0.154. The van der Waals surface area contributed by atoms with Crippen LogP contribution in [0.1, 0.15) is 26.2 Å². The molecule has 0 aromatic heterocycles. The SMILES string of the molecule is CC(NC(=O)NCC1(C(=O)O)CCOCC1)C1CCOC1. The van der Waals surface area contributed by atoms with Gasteiger partial charge in [0.2, 0.25) is 0 Å². The zero-order valence-electron chi connectivity index (χ0n) is 12.4. The molecule has 2 rings (SSSR count). The van der Waals surface area contributed by atoms with E-state index in [4.69, 9.17) is 9.47 Å². The second kappa shape index (κ2) is 7.09. The van der Waals surface area contributed by atoms with Gasteiger partial charge < -0.3 is 25.2 Å². The first kappa shape index (κ1) is 16.0. The van der Waals surface area contributed by atoms with Crippen molar-refractivity contribution >= 4 is 12.0 Å². The number of carboxylic acids is 1. The predicted molar refractivity (Wildman–Crippen MR) is 75.0 cm³/mol. The Bertz CT molecular complexity index is 376. The van der Waals surface area contributed by atoms with Crippen LogP contribution in [-0.2, 0) is 14.3 Å². The van der Waals surface area contributed by atoms with Gasteiger partial charge in [-0.15, -0.1) is 0 Å². The number of aliphatic carboxylic acids is 1. The van der Waals surface area contributed by atoms with Crippen molar-refractivity contribution in [2.45, 2.75) is 32.2 Å². The summed E-state index contributed by atoms with van der Waals surface area (Å²) < 4.78 is 10.5. The van der Waals surface area contributed by atoms with E-state index < -0.39 is 11.4 Å². The van der Waals surface area contributed by atoms with Crippen molar-refractivity contribution in [3.05, 3.63) is 0 Å². The zero-order valence-corrected chi connectivity index (χ0v) is 12.4. The number of ether oxygens (including phenoxy) is 2. The molecule has 7 heteroatoms. The monoisotopic (exact) mass is 300 g/mol. The summed E-state index contributed by atoms with van der Waals surface area (Å²) in [6.45, 7) is 4.32. The fraction of sp³-hybridized carbons (Fsp3) is 0.857. The Morgan fingerprint density at radius 1 is 1.29 bits per heavy atom. The number of nitrogens with one attached hydrogen (secondary N) is 2. The molecule has 0 saturated carbocycles. The van der Waals surface area contributed by atoms with E-state index in [0.717, 1.165) is 13.0 Å². The van der Waals surface area contributed by atoms with Gasteiger partial charge in [-0.1, -0.05) is 0 Å². The van der Waals surface area contributed by atoms with Gasteiger partial charge in [0.05, 0.1) is 12.0 Å². The maximum atomic E-state index is 11.9. The minimum atomic E-state index is -0.907. The van der Waals surface area contributed by atoms with Crippen molar-refractivity contribution in [1.82, 2.24) is 10.6 Å². The lowest BCUT2D eigenvalue weighted by atomic mass is 9.80. The molecule has 0 bridgehead atoms. The Balaban J connectivity index is 1.80. The van der Waals surface area contributed by atoms with Crippen LogP contribution in [0.2, 0.25) is 0 Å². The molecule has 2 unspecified atom stereocenters. The molecule has 2 amide bonds. The Morgan fingerprint density at radius 3 is 2.57 bits per heavy atom. The van der Waals surface area contributed by atoms with Crippen LogP contribution in [0.5, 0.6) is 0 Å². The average Bonchev–Trinajstić information content (AvgIpc) is 3.00. The third-order valence-electron chi connectivity index (χ3n) is 4.52. The third-order valence-corrected chi connectivity index (χ3v) is 4.52. The molecule has 0 aromatic rings. The van der Waals surface area contributed by atoms with Crippen LogP contribution in [0.15, 0.2) is 0 Å². The Hall–Kier alpha value is -1.34. The minimum absolute atomic E-state index is 0.0166. The zero-order chi connectivity index (χ0) is 15.3. The molecule has 2 heterocycles. The molecule has 2 aliphatic heterocycles. The summed E-state index contributed by atoms with van der Waals surface area (Å²) >= 11 is 0. The topological polar surface area (TPSA) is 96.9 Å². The Labute approximate surface area is 124 Å². The summed E-state index contributed by atoms with van der Waals surface area (Å²) in [7, 11) is 0. The second-order valence-corrected chi connectivity index (χ2v) is 5.94. The summed E-state index contributed by atoms with van der Waals surface area (Å²) in [6.07, 6.45) is 1.79. The molecular weight excluding hydrogens is 276 g/mol. The van der Waals surface area contributed by atoms with Gasteiger partial charge >= 0.3 is 12.0 Å². The van der Waals surface area contributed by atoms with Gasteiger partial charge in [-0.2, -0.15) is 0 Å². The van der Waals surface area contributed by atoms with E-state index in [0.29, 0.717) is 38.6 Å². The van der Waals surface area contributed by atoms with Crippen LogP contribution in [-0.4, -0.2) is 56.1 Å². The maximum Gasteiger partial charge on any atom is 0.315 e. The Morgan fingerprint density at radius 2 is 2.00 bits per heavy atom. The number of carbonyl (C=O) groups is 2. The van der Waals surface area contributed by atoms with E-state index in [1.807, 2.05) is 6.92 Å². The number of amides is 2. The number of rotatable bonds is 5. The third kappa shape index (κ3) is 4.07. The molecule has 0 aliphatic carbocycles. The fourth-order valence-corrected chi connectivity index (χ4v) is 2.80. The normalized spacial score (nSPS) is 26.0. The largest absolute Gasteiger partial charge is 0.481 e. The van der Waals surface area contributed by atoms with Gasteiger partial charge in [-0.3, -0.25) is 4.79 Å². The minimum Gasteiger partial charge on any atom is -0.481 e. The van der Waals surface area contributed by atoms with Gasteiger partial charge in [-0.25, -0.2) is 4.79 Å². The van der Waals surface area contributed by atoms with E-state index in [9.17, 15) is 14.7 Å². The molecule has 120 valence electrons. The molecule has 2 atom stereocenters. The second-order valence-electron chi connectivity index (χ2n) is 5.94. The van der Waals surface area contributed by atoms with Crippen LogP contribution in [0, 0.1) is 11.3 Å². The maximum absolute atomic E-state index is 11.9. The van der Waals surface area contributed by atoms with Crippen molar-refractivity contribution in [1.29, 1.82) is 0 Å². The number of urea groups is 1. The molecule has 2 fully saturated rings. The quantitative estimate of drug-likeness (QED) is 0.690. The molecular formula is C14H24N2O5. The van der Waals surface area contributed by atoms with Crippen molar-refractivity contribution in [2.75, 3.05) is 33.0 Å². The molecule has 2 aliphatic rings. The van der Waals surface area contributed by atoms with Gasteiger partial charge in [0, 0.05) is 38.3 Å². The number of carbonyl (C=O) groups excluding carboxylic acids is 1. The standard InChI is InChI=1S/C14H24N2O5/c1-10(11-2-5-21-8-11)16-13(19)15-9-14(12(17)18)3-6-20-7-4-14/h10-11H,2-9H2,1H3,(H,17,18)(H2,15,16,19). The van der Waals surface area contributed by atoms with E-state index in [1.165, 1.54) is 0 Å². The van der Waals surface area contributed by atoms with E-state index in [1.54, 1.807) is 0 Å². The number of carboxylic acid groups (broad SMARTS) is 1. The van der Waals surface area contributed by atoms with E-state index in [-0.39, 0.29) is 18.6 Å². The van der Waals surface area contributed by atoms with Crippen molar-refractivity contribution < 1.29 is 24.2 Å². The van der Waals surface area contributed by atoms with Crippen molar-refractivity contribution in [2.24, 2.45) is 11.3 Å². The molecule has 0 spiro atoms. The van der Waals surface area contributed by atoms with E-state index >= 15 is 0 Å². The smallest absolute Gasteiger partial charge is 0.315 e. The summed E-state index contributed by atoms with van der Waals surface area (Å²) in [6, 6.07) is -0.301. The summed E-state index contributed by atoms with van der Waals surface area (Å²) in [5.41, 5.74) is -0.907. The highest BCUT2D eigenvalue weighted by atomic mass is 16.5. The first-order valence-corrected chi connectivity index (χ1v) is 7.47. The highest BCUT2D eigenvalue weighted by Gasteiger charge is 2.40. The number of hydrogen-bond donors (Lipinski definition) is 3. The predicted octanol–water partition coefficient (Wildman–Crippen LogP) is 0.592. The number of hydrogen-bond acceptors (Lipinski definition) is 4. The first-order valence-electron chi connectivity index (χ1n) is 7.47. The first-order chi connectivity index (χ1) is 10.0. The molecule has 3 N–H and O–H groups in total. The fourth-order valence-electron chi connectivity index (χ4n) is 2.80. The van der Waals surface area contributed by atoms with Crippen LogP contribution in [0.3, 0.4) is 0 Å². The van der Waals surface area contributed by atoms with Crippen LogP contribution in [0.4, 0.5) is 4.79 Å². The van der Waals surface area contributed by atoms with Gasteiger partial charge in [-0.05, 0) is 26.2 Å². The van der Waals surface area contributed by atoms with Crippen LogP contribution in [0.25, 0.3) is 0 Å². The highest BCUT2D eigenvalue weighted by molar-refractivity contribution is 5.78. The van der Waals surface area contributed by atoms with Crippen molar-refractivity contribution in [3.8, 4) is 0 Å². The lowest BCUT2D eigenvalue weighted by Gasteiger charge is -2.33. The van der Waals surface area contributed by atoms with Crippen LogP contribution < -0.4 is 10.6 Å². The molecule has 0 aromatic carbocycles. The average molecular weight is 300 g/mol. The molecule has 21 heavy (non-hydrogen) atoms. The van der Waals surface area contributed by atoms with Gasteiger partial charge in [0.15, 0.2) is 0 Å². The molecule has 0 radical (unpaired) electrons. The van der Waals surface area contributed by atoms with Gasteiger partial charge in [0.25, 0.3) is 0 Å². The van der Waals surface area contributed by atoms with Gasteiger partial charge in [0.1, 0.15) is 0 Å². The summed E-state index contributed by atoms with van der Waals surface area (Å²) in [5, 5.41) is 15.0. The Kier molecular flexibility index (Phi) is 5.41. The molecule has 2 saturated heterocycles. The highest BCUT2D eigenvalue weighted by Crippen LogP contribution is 2.30. The van der Waals surface area contributed by atoms with Crippen LogP contribution >= 0.6 is 0 Å². The lowest BCUT2D eigenvalue weighted by Crippen LogP contribution is -2.51. The summed E-state index contributed by atoms with van der Waals surface area (Å²) in [4.78, 5) is 23.4.